The minimum Gasteiger partial charge on any atom is -0.369 e. The topological polar surface area (TPSA) is 50.2 Å². The summed E-state index contributed by atoms with van der Waals surface area (Å²) in [5.41, 5.74) is 5.83. The highest BCUT2D eigenvalue weighted by Crippen LogP contribution is 2.55. The number of unbranched alkanes of at least 4 members (excludes halogenated alkanes) is 3. The number of aliphatic imine (C=N–C) groups is 1. The van der Waals surface area contributed by atoms with Crippen molar-refractivity contribution in [3.8, 4) is 0 Å². The highest BCUT2D eigenvalue weighted by molar-refractivity contribution is 8.00. The van der Waals surface area contributed by atoms with Crippen LogP contribution in [0.25, 0.3) is 0 Å². The summed E-state index contributed by atoms with van der Waals surface area (Å²) in [6, 6.07) is 0. The summed E-state index contributed by atoms with van der Waals surface area (Å²) in [5.74, 6) is 1.41. The summed E-state index contributed by atoms with van der Waals surface area (Å²) in [7, 11) is 0. The first-order valence-electron chi connectivity index (χ1n) is 10.4. The van der Waals surface area contributed by atoms with E-state index < -0.39 is 0 Å². The number of fused-ring (bicyclic) bond motifs is 4. The number of dihydropyridines is 1. The lowest BCUT2D eigenvalue weighted by Gasteiger charge is -2.26. The molecular weight excluding hydrogens is 340 g/mol. The third-order valence-electron chi connectivity index (χ3n) is 5.76. The van der Waals surface area contributed by atoms with Crippen LogP contribution in [0.1, 0.15) is 83.2 Å². The maximum Gasteiger partial charge on any atom is 0.143 e. The fourth-order valence-corrected chi connectivity index (χ4v) is 5.81. The van der Waals surface area contributed by atoms with Crippen molar-refractivity contribution in [1.82, 2.24) is 9.97 Å². The number of allylic oxidation sites excluding steroid dienone is 1. The van der Waals surface area contributed by atoms with Crippen molar-refractivity contribution in [3.63, 3.8) is 0 Å². The zero-order valence-electron chi connectivity index (χ0n) is 16.1. The van der Waals surface area contributed by atoms with Crippen LogP contribution in [0.2, 0.25) is 0 Å². The van der Waals surface area contributed by atoms with E-state index in [-0.39, 0.29) is 5.37 Å². The second kappa shape index (κ2) is 8.12. The van der Waals surface area contributed by atoms with Gasteiger partial charge in [-0.3, -0.25) is 4.99 Å². The fraction of sp³-hybridized carbons (Fsp3) is 0.667. The highest BCUT2D eigenvalue weighted by atomic mass is 32.2. The van der Waals surface area contributed by atoms with Gasteiger partial charge >= 0.3 is 0 Å². The zero-order chi connectivity index (χ0) is 17.9. The van der Waals surface area contributed by atoms with Crippen molar-refractivity contribution in [3.05, 3.63) is 23.2 Å². The minimum atomic E-state index is 0.279. The van der Waals surface area contributed by atoms with Crippen LogP contribution >= 0.6 is 11.8 Å². The highest BCUT2D eigenvalue weighted by Gasteiger charge is 2.43. The number of anilines is 1. The first-order chi connectivity index (χ1) is 12.8. The first-order valence-corrected chi connectivity index (χ1v) is 11.3. The molecule has 4 nitrogen and oxygen atoms in total. The maximum absolute atomic E-state index is 5.22. The Balaban J connectivity index is 1.60. The van der Waals surface area contributed by atoms with Crippen molar-refractivity contribution in [1.29, 1.82) is 0 Å². The second-order valence-corrected chi connectivity index (χ2v) is 8.72. The van der Waals surface area contributed by atoms with Gasteiger partial charge in [0, 0.05) is 12.3 Å². The van der Waals surface area contributed by atoms with Gasteiger partial charge in [-0.2, -0.15) is 0 Å². The molecule has 2 atom stereocenters. The molecule has 0 saturated carbocycles. The molecule has 1 N–H and O–H groups in total. The lowest BCUT2D eigenvalue weighted by molar-refractivity contribution is 0.693. The third-order valence-corrected chi connectivity index (χ3v) is 7.01. The number of nitrogens with zero attached hydrogens (tertiary/aromatic N) is 3. The van der Waals surface area contributed by atoms with Crippen LogP contribution in [-0.2, 0) is 0 Å². The summed E-state index contributed by atoms with van der Waals surface area (Å²) in [6.07, 6.45) is 12.8. The van der Waals surface area contributed by atoms with Gasteiger partial charge < -0.3 is 5.32 Å². The minimum absolute atomic E-state index is 0.279. The first kappa shape index (κ1) is 18.0. The normalized spacial score (nSPS) is 23.5. The van der Waals surface area contributed by atoms with Crippen LogP contribution in [0.3, 0.4) is 0 Å². The van der Waals surface area contributed by atoms with Crippen LogP contribution in [0.15, 0.2) is 27.4 Å². The van der Waals surface area contributed by atoms with Gasteiger partial charge in [0.25, 0.3) is 0 Å². The van der Waals surface area contributed by atoms with E-state index in [1.807, 2.05) is 11.8 Å². The van der Waals surface area contributed by atoms with Gasteiger partial charge in [-0.25, -0.2) is 9.97 Å². The number of aromatic nitrogens is 2. The molecule has 0 bridgehead atoms. The Morgan fingerprint density at radius 2 is 2.00 bits per heavy atom. The van der Waals surface area contributed by atoms with E-state index in [1.165, 1.54) is 67.7 Å². The fourth-order valence-electron chi connectivity index (χ4n) is 4.43. The van der Waals surface area contributed by atoms with Gasteiger partial charge in [-0.05, 0) is 44.1 Å². The second-order valence-electron chi connectivity index (χ2n) is 7.59. The SMILES string of the molecule is CCCCCNc1ncnc2c1S[C@@H]1N=C(CCCC)C3=C(CCC3)[C@H]21. The quantitative estimate of drug-likeness (QED) is 0.595. The van der Waals surface area contributed by atoms with Gasteiger partial charge in [0.15, 0.2) is 0 Å². The Morgan fingerprint density at radius 1 is 1.12 bits per heavy atom. The number of thioether (sulfide) groups is 1. The number of hydrogen-bond donors (Lipinski definition) is 1. The van der Waals surface area contributed by atoms with Crippen molar-refractivity contribution in [2.45, 2.75) is 87.8 Å². The van der Waals surface area contributed by atoms with Crippen molar-refractivity contribution >= 4 is 23.3 Å². The summed E-state index contributed by atoms with van der Waals surface area (Å²) in [6.45, 7) is 5.50. The molecule has 0 radical (unpaired) electrons. The molecule has 140 valence electrons. The zero-order valence-corrected chi connectivity index (χ0v) is 16.9. The molecule has 0 spiro atoms. The molecule has 0 fully saturated rings. The molecular formula is C21H30N4S. The predicted octanol–water partition coefficient (Wildman–Crippen LogP) is 5.72. The lowest BCUT2D eigenvalue weighted by atomic mass is 9.87. The van der Waals surface area contributed by atoms with Gasteiger partial charge in [-0.1, -0.05) is 50.4 Å². The largest absolute Gasteiger partial charge is 0.369 e. The Kier molecular flexibility index (Phi) is 5.63. The standard InChI is InChI=1S/C21H30N4S/c1-3-5-7-12-22-20-19-18(23-13-24-20)17-15-10-8-9-14(15)16(11-6-4-2)25-21(17)26-19/h13,17,21H,3-12H2,1-2H3,(H,22,23,24)/t17-,21+/m1/s1. The number of rotatable bonds is 8. The Morgan fingerprint density at radius 3 is 2.85 bits per heavy atom. The Bertz CT molecular complexity index is 725. The van der Waals surface area contributed by atoms with Crippen LogP contribution in [0.5, 0.6) is 0 Å². The average molecular weight is 371 g/mol. The van der Waals surface area contributed by atoms with E-state index in [1.54, 1.807) is 17.5 Å². The summed E-state index contributed by atoms with van der Waals surface area (Å²) >= 11 is 1.89. The van der Waals surface area contributed by atoms with Crippen molar-refractivity contribution < 1.29 is 0 Å². The van der Waals surface area contributed by atoms with Crippen LogP contribution in [-0.4, -0.2) is 27.6 Å². The molecule has 0 aromatic carbocycles. The number of nitrogens with one attached hydrogen (secondary N) is 1. The van der Waals surface area contributed by atoms with E-state index in [0.717, 1.165) is 18.8 Å². The van der Waals surface area contributed by atoms with Gasteiger partial charge in [-0.15, -0.1) is 0 Å². The lowest BCUT2D eigenvalue weighted by Crippen LogP contribution is -2.21. The van der Waals surface area contributed by atoms with E-state index in [9.17, 15) is 0 Å². The predicted molar refractivity (Wildman–Crippen MR) is 110 cm³/mol. The van der Waals surface area contributed by atoms with Crippen LogP contribution in [0, 0.1) is 0 Å². The van der Waals surface area contributed by atoms with Crippen LogP contribution in [0.4, 0.5) is 5.82 Å². The molecule has 0 amide bonds. The molecule has 3 heterocycles. The summed E-state index contributed by atoms with van der Waals surface area (Å²) in [4.78, 5) is 15.7. The van der Waals surface area contributed by atoms with Gasteiger partial charge in [0.1, 0.15) is 17.5 Å². The average Bonchev–Trinajstić information content (AvgIpc) is 3.27. The monoisotopic (exact) mass is 370 g/mol. The van der Waals surface area contributed by atoms with E-state index >= 15 is 0 Å². The summed E-state index contributed by atoms with van der Waals surface area (Å²) < 4.78 is 0. The molecule has 2 aliphatic heterocycles. The Hall–Kier alpha value is -1.36. The van der Waals surface area contributed by atoms with E-state index in [4.69, 9.17) is 9.98 Å². The Labute approximate surface area is 161 Å². The van der Waals surface area contributed by atoms with Gasteiger partial charge in [0.2, 0.25) is 0 Å². The maximum atomic E-state index is 5.22. The molecule has 0 unspecified atom stereocenters. The molecule has 5 heteroatoms. The molecule has 4 rings (SSSR count). The van der Waals surface area contributed by atoms with Crippen molar-refractivity contribution in [2.75, 3.05) is 11.9 Å². The molecule has 1 aromatic rings. The summed E-state index contributed by atoms with van der Waals surface area (Å²) in [5, 5.41) is 3.84. The smallest absolute Gasteiger partial charge is 0.143 e. The molecule has 3 aliphatic rings. The van der Waals surface area contributed by atoms with Gasteiger partial charge in [0.05, 0.1) is 16.5 Å². The third kappa shape index (κ3) is 3.30. The molecule has 1 aromatic heterocycles. The molecule has 1 aliphatic carbocycles. The van der Waals surface area contributed by atoms with Crippen molar-refractivity contribution in [2.24, 2.45) is 4.99 Å². The molecule has 0 saturated heterocycles. The molecule has 26 heavy (non-hydrogen) atoms. The van der Waals surface area contributed by atoms with Crippen LogP contribution < -0.4 is 5.32 Å². The van der Waals surface area contributed by atoms with E-state index in [0.29, 0.717) is 5.92 Å². The number of hydrogen-bond acceptors (Lipinski definition) is 5. The van der Waals surface area contributed by atoms with E-state index in [2.05, 4.69) is 24.1 Å².